The molecule has 0 spiro atoms. The Hall–Kier alpha value is -3.64. The molecule has 0 aliphatic carbocycles. The van der Waals surface area contributed by atoms with E-state index in [9.17, 15) is 4.79 Å². The lowest BCUT2D eigenvalue weighted by Gasteiger charge is -2.15. The molecule has 7 heteroatoms. The summed E-state index contributed by atoms with van der Waals surface area (Å²) in [4.78, 5) is 10.9. The van der Waals surface area contributed by atoms with Crippen LogP contribution in [-0.2, 0) is 17.9 Å². The second-order valence-corrected chi connectivity index (χ2v) is 7.77. The standard InChI is InChI=1S/C25H22ClNO5/c1-16-9-20(26)11-19(25(16)31-15-24(28)29)14-30-21-7-4-5-17(10-21)13-27-23-12-18-6-2-3-8-22(18)32-23/h2-12,27H,13-15H2,1H3,(H,28,29). The molecule has 164 valence electrons. The van der Waals surface area contributed by atoms with Gasteiger partial charge in [0.1, 0.15) is 23.7 Å². The Morgan fingerprint density at radius 1 is 1.06 bits per heavy atom. The molecule has 0 fully saturated rings. The van der Waals surface area contributed by atoms with Gasteiger partial charge >= 0.3 is 5.97 Å². The van der Waals surface area contributed by atoms with Crippen molar-refractivity contribution in [1.29, 1.82) is 0 Å². The first kappa shape index (κ1) is 21.6. The molecule has 0 radical (unpaired) electrons. The van der Waals surface area contributed by atoms with E-state index in [0.717, 1.165) is 22.1 Å². The van der Waals surface area contributed by atoms with Crippen LogP contribution in [0.15, 0.2) is 71.1 Å². The summed E-state index contributed by atoms with van der Waals surface area (Å²) in [6.07, 6.45) is 0. The predicted octanol–water partition coefficient (Wildman–Crippen LogP) is 6.05. The number of carboxylic acids is 1. The number of rotatable bonds is 9. The molecule has 0 amide bonds. The molecule has 6 nitrogen and oxygen atoms in total. The smallest absolute Gasteiger partial charge is 0.341 e. The van der Waals surface area contributed by atoms with Crippen molar-refractivity contribution in [2.24, 2.45) is 0 Å². The maximum Gasteiger partial charge on any atom is 0.341 e. The van der Waals surface area contributed by atoms with E-state index in [1.54, 1.807) is 12.1 Å². The van der Waals surface area contributed by atoms with Crippen molar-refractivity contribution in [1.82, 2.24) is 0 Å². The summed E-state index contributed by atoms with van der Waals surface area (Å²) in [6, 6.07) is 21.0. The van der Waals surface area contributed by atoms with Crippen LogP contribution in [0.25, 0.3) is 11.0 Å². The van der Waals surface area contributed by atoms with E-state index in [2.05, 4.69) is 5.32 Å². The van der Waals surface area contributed by atoms with Gasteiger partial charge < -0.3 is 24.3 Å². The summed E-state index contributed by atoms with van der Waals surface area (Å²) in [6.45, 7) is 2.15. The minimum Gasteiger partial charge on any atom is -0.489 e. The van der Waals surface area contributed by atoms with E-state index < -0.39 is 12.6 Å². The summed E-state index contributed by atoms with van der Waals surface area (Å²) in [5, 5.41) is 13.8. The van der Waals surface area contributed by atoms with Gasteiger partial charge in [-0.15, -0.1) is 0 Å². The first-order valence-electron chi connectivity index (χ1n) is 10.1. The number of hydrogen-bond acceptors (Lipinski definition) is 5. The van der Waals surface area contributed by atoms with Crippen molar-refractivity contribution in [3.05, 3.63) is 88.4 Å². The Kier molecular flexibility index (Phi) is 6.52. The molecular formula is C25H22ClNO5. The van der Waals surface area contributed by atoms with Gasteiger partial charge in [0.15, 0.2) is 12.5 Å². The predicted molar refractivity (Wildman–Crippen MR) is 124 cm³/mol. The van der Waals surface area contributed by atoms with E-state index in [0.29, 0.717) is 34.5 Å². The molecular weight excluding hydrogens is 430 g/mol. The third kappa shape index (κ3) is 5.34. The monoisotopic (exact) mass is 451 g/mol. The highest BCUT2D eigenvalue weighted by Gasteiger charge is 2.12. The van der Waals surface area contributed by atoms with Crippen molar-refractivity contribution < 1.29 is 23.8 Å². The maximum atomic E-state index is 10.9. The SMILES string of the molecule is Cc1cc(Cl)cc(COc2cccc(CNc3cc4ccccc4o3)c2)c1OCC(=O)O. The zero-order valence-corrected chi connectivity index (χ0v) is 18.2. The van der Waals surface area contributed by atoms with Crippen LogP contribution in [0.1, 0.15) is 16.7 Å². The number of fused-ring (bicyclic) bond motifs is 1. The highest BCUT2D eigenvalue weighted by atomic mass is 35.5. The number of nitrogens with one attached hydrogen (secondary N) is 1. The van der Waals surface area contributed by atoms with Crippen molar-refractivity contribution in [2.75, 3.05) is 11.9 Å². The van der Waals surface area contributed by atoms with Crippen molar-refractivity contribution in [3.63, 3.8) is 0 Å². The molecule has 32 heavy (non-hydrogen) atoms. The number of benzene rings is 3. The number of aryl methyl sites for hydroxylation is 1. The van der Waals surface area contributed by atoms with E-state index in [1.165, 1.54) is 0 Å². The Balaban J connectivity index is 1.42. The van der Waals surface area contributed by atoms with Gasteiger partial charge in [-0.05, 0) is 48.4 Å². The molecule has 4 aromatic rings. The molecule has 4 rings (SSSR count). The molecule has 0 bridgehead atoms. The molecule has 0 saturated carbocycles. The van der Waals surface area contributed by atoms with E-state index >= 15 is 0 Å². The third-order valence-electron chi connectivity index (χ3n) is 4.84. The van der Waals surface area contributed by atoms with Gasteiger partial charge in [0.2, 0.25) is 0 Å². The largest absolute Gasteiger partial charge is 0.489 e. The number of ether oxygens (including phenoxy) is 2. The summed E-state index contributed by atoms with van der Waals surface area (Å²) < 4.78 is 17.2. The zero-order valence-electron chi connectivity index (χ0n) is 17.4. The molecule has 0 aliphatic heterocycles. The fourth-order valence-corrected chi connectivity index (χ4v) is 3.71. The summed E-state index contributed by atoms with van der Waals surface area (Å²) in [5.74, 6) is 0.804. The fourth-order valence-electron chi connectivity index (χ4n) is 3.41. The first-order valence-corrected chi connectivity index (χ1v) is 10.4. The van der Waals surface area contributed by atoms with E-state index in [-0.39, 0.29) is 6.61 Å². The minimum absolute atomic E-state index is 0.191. The molecule has 0 unspecified atom stereocenters. The van der Waals surface area contributed by atoms with Crippen LogP contribution >= 0.6 is 11.6 Å². The van der Waals surface area contributed by atoms with E-state index in [4.69, 9.17) is 30.6 Å². The number of aliphatic carboxylic acids is 1. The topological polar surface area (TPSA) is 80.9 Å². The molecule has 2 N–H and O–H groups in total. The van der Waals surface area contributed by atoms with Gasteiger partial charge in [-0.2, -0.15) is 0 Å². The molecule has 0 atom stereocenters. The quantitative estimate of drug-likeness (QED) is 0.322. The van der Waals surface area contributed by atoms with Crippen LogP contribution in [0.3, 0.4) is 0 Å². The van der Waals surface area contributed by atoms with Crippen molar-refractivity contribution >= 4 is 34.4 Å². The van der Waals surface area contributed by atoms with Crippen LogP contribution in [-0.4, -0.2) is 17.7 Å². The highest BCUT2D eigenvalue weighted by Crippen LogP contribution is 2.29. The molecule has 0 saturated heterocycles. The van der Waals surface area contributed by atoms with Crippen LogP contribution < -0.4 is 14.8 Å². The van der Waals surface area contributed by atoms with Crippen LogP contribution in [0.4, 0.5) is 5.88 Å². The van der Waals surface area contributed by atoms with Gasteiger partial charge in [-0.3, -0.25) is 0 Å². The van der Waals surface area contributed by atoms with Crippen molar-refractivity contribution in [2.45, 2.75) is 20.1 Å². The Bertz CT molecular complexity index is 1220. The van der Waals surface area contributed by atoms with Gasteiger partial charge in [0, 0.05) is 28.6 Å². The second-order valence-electron chi connectivity index (χ2n) is 7.33. The normalized spacial score (nSPS) is 10.8. The fraction of sp³-hybridized carbons (Fsp3) is 0.160. The highest BCUT2D eigenvalue weighted by molar-refractivity contribution is 6.30. The van der Waals surface area contributed by atoms with Crippen LogP contribution in [0, 0.1) is 6.92 Å². The average molecular weight is 452 g/mol. The minimum atomic E-state index is -1.05. The van der Waals surface area contributed by atoms with Gasteiger partial charge in [0.25, 0.3) is 0 Å². The number of furan rings is 1. The number of anilines is 1. The molecule has 1 aromatic heterocycles. The molecule has 1 heterocycles. The lowest BCUT2D eigenvalue weighted by molar-refractivity contribution is -0.139. The summed E-state index contributed by atoms with van der Waals surface area (Å²) in [7, 11) is 0. The number of hydrogen-bond donors (Lipinski definition) is 2. The van der Waals surface area contributed by atoms with Gasteiger partial charge in [-0.25, -0.2) is 4.79 Å². The Labute approximate surface area is 190 Å². The molecule has 0 aliphatic rings. The average Bonchev–Trinajstić information content (AvgIpc) is 3.18. The Morgan fingerprint density at radius 2 is 1.91 bits per heavy atom. The molecule has 3 aromatic carbocycles. The zero-order chi connectivity index (χ0) is 22.5. The number of para-hydroxylation sites is 1. The summed E-state index contributed by atoms with van der Waals surface area (Å²) >= 11 is 6.18. The second kappa shape index (κ2) is 9.66. The van der Waals surface area contributed by atoms with Crippen molar-refractivity contribution in [3.8, 4) is 11.5 Å². The lowest BCUT2D eigenvalue weighted by atomic mass is 10.1. The maximum absolute atomic E-state index is 10.9. The van der Waals surface area contributed by atoms with E-state index in [1.807, 2.05) is 61.5 Å². The van der Waals surface area contributed by atoms with Crippen LogP contribution in [0.5, 0.6) is 11.5 Å². The summed E-state index contributed by atoms with van der Waals surface area (Å²) in [5.41, 5.74) is 3.29. The third-order valence-corrected chi connectivity index (χ3v) is 5.06. The van der Waals surface area contributed by atoms with Gasteiger partial charge in [0.05, 0.1) is 0 Å². The van der Waals surface area contributed by atoms with Crippen LogP contribution in [0.2, 0.25) is 5.02 Å². The number of halogens is 1. The Morgan fingerprint density at radius 3 is 2.72 bits per heavy atom. The first-order chi connectivity index (χ1) is 15.5. The lowest BCUT2D eigenvalue weighted by Crippen LogP contribution is -2.12. The van der Waals surface area contributed by atoms with Gasteiger partial charge in [-0.1, -0.05) is 41.9 Å². The number of carboxylic acid groups (broad SMARTS) is 1. The number of carbonyl (C=O) groups is 1.